The number of carbonyl (C=O) groups is 1. The molecule has 1 N–H and O–H groups in total. The molecule has 2 heteroatoms. The van der Waals surface area contributed by atoms with Gasteiger partial charge in [-0.25, -0.2) is 0 Å². The van der Waals surface area contributed by atoms with Crippen LogP contribution < -0.4 is 0 Å². The van der Waals surface area contributed by atoms with E-state index in [4.69, 9.17) is 0 Å². The maximum atomic E-state index is 11.5. The van der Waals surface area contributed by atoms with Crippen molar-refractivity contribution in [2.45, 2.75) is 46.0 Å². The van der Waals surface area contributed by atoms with Crippen molar-refractivity contribution in [1.82, 2.24) is 0 Å². The molecule has 98 valence electrons. The van der Waals surface area contributed by atoms with E-state index in [2.05, 4.69) is 38.1 Å². The van der Waals surface area contributed by atoms with Crippen LogP contribution in [0.4, 0.5) is 0 Å². The van der Waals surface area contributed by atoms with Gasteiger partial charge in [0.25, 0.3) is 0 Å². The van der Waals surface area contributed by atoms with Gasteiger partial charge in [-0.1, -0.05) is 38.1 Å². The molecule has 0 amide bonds. The molecule has 0 saturated heterocycles. The first-order valence-corrected chi connectivity index (χ1v) is 6.75. The normalized spacial score (nSPS) is 18.7. The quantitative estimate of drug-likeness (QED) is 0.856. The molecule has 0 radical (unpaired) electrons. The first-order valence-electron chi connectivity index (χ1n) is 6.75. The van der Waals surface area contributed by atoms with Crippen LogP contribution in [0.1, 0.15) is 50.7 Å². The minimum absolute atomic E-state index is 0.361. The average Bonchev–Trinajstić information content (AvgIpc) is 3.13. The van der Waals surface area contributed by atoms with Gasteiger partial charge in [-0.05, 0) is 49.1 Å². The van der Waals surface area contributed by atoms with E-state index in [-0.39, 0.29) is 0 Å². The fraction of sp³-hybridized carbons (Fsp3) is 0.562. The van der Waals surface area contributed by atoms with Gasteiger partial charge >= 0.3 is 5.97 Å². The van der Waals surface area contributed by atoms with Gasteiger partial charge in [0.15, 0.2) is 0 Å². The molecule has 1 aliphatic rings. The van der Waals surface area contributed by atoms with Crippen LogP contribution in [0.5, 0.6) is 0 Å². The highest BCUT2D eigenvalue weighted by Gasteiger charge is 2.47. The van der Waals surface area contributed by atoms with Crippen LogP contribution in [0.3, 0.4) is 0 Å². The Morgan fingerprint density at radius 1 is 1.33 bits per heavy atom. The third kappa shape index (κ3) is 2.58. The number of aliphatic carboxylic acids is 1. The zero-order valence-electron chi connectivity index (χ0n) is 11.4. The van der Waals surface area contributed by atoms with Gasteiger partial charge in [-0.2, -0.15) is 0 Å². The van der Waals surface area contributed by atoms with E-state index in [0.29, 0.717) is 18.3 Å². The Kier molecular flexibility index (Phi) is 3.47. The van der Waals surface area contributed by atoms with Crippen LogP contribution >= 0.6 is 0 Å². The van der Waals surface area contributed by atoms with Gasteiger partial charge in [-0.3, -0.25) is 4.79 Å². The molecule has 1 aromatic rings. The molecule has 1 unspecified atom stereocenters. The molecule has 1 atom stereocenters. The second kappa shape index (κ2) is 4.75. The highest BCUT2D eigenvalue weighted by atomic mass is 16.4. The topological polar surface area (TPSA) is 37.3 Å². The molecule has 1 aromatic carbocycles. The molecule has 1 aliphatic carbocycles. The third-order valence-corrected chi connectivity index (χ3v) is 4.18. The van der Waals surface area contributed by atoms with Crippen molar-refractivity contribution in [3.63, 3.8) is 0 Å². The molecule has 0 bridgehead atoms. The molecular weight excluding hydrogens is 224 g/mol. The monoisotopic (exact) mass is 246 g/mol. The van der Waals surface area contributed by atoms with E-state index in [0.717, 1.165) is 18.4 Å². The molecule has 0 aliphatic heterocycles. The maximum absolute atomic E-state index is 11.5. The summed E-state index contributed by atoms with van der Waals surface area (Å²) in [5.74, 6) is 0.228. The smallest absolute Gasteiger partial charge is 0.309 e. The van der Waals surface area contributed by atoms with E-state index in [9.17, 15) is 9.90 Å². The summed E-state index contributed by atoms with van der Waals surface area (Å²) in [6, 6.07) is 8.40. The molecule has 1 fully saturated rings. The summed E-state index contributed by atoms with van der Waals surface area (Å²) in [6.45, 7) is 6.23. The Morgan fingerprint density at radius 2 is 1.89 bits per heavy atom. The zero-order valence-corrected chi connectivity index (χ0v) is 11.4. The number of benzene rings is 1. The van der Waals surface area contributed by atoms with Gasteiger partial charge < -0.3 is 5.11 Å². The van der Waals surface area contributed by atoms with E-state index in [1.807, 2.05) is 6.92 Å². The summed E-state index contributed by atoms with van der Waals surface area (Å²) >= 11 is 0. The van der Waals surface area contributed by atoms with Crippen molar-refractivity contribution < 1.29 is 9.90 Å². The van der Waals surface area contributed by atoms with Crippen LogP contribution in [-0.2, 0) is 11.2 Å². The predicted octanol–water partition coefficient (Wildman–Crippen LogP) is 3.85. The SMILES string of the molecule is CC(C)c1ccc(CC(C)(C(=O)O)C2CC2)cc1. The minimum Gasteiger partial charge on any atom is -0.481 e. The van der Waals surface area contributed by atoms with Crippen molar-refractivity contribution in [2.24, 2.45) is 11.3 Å². The number of hydrogen-bond acceptors (Lipinski definition) is 1. The van der Waals surface area contributed by atoms with Gasteiger partial charge in [0.2, 0.25) is 0 Å². The Bertz CT molecular complexity index is 429. The Hall–Kier alpha value is -1.31. The summed E-state index contributed by atoms with van der Waals surface area (Å²) in [5.41, 5.74) is 1.86. The van der Waals surface area contributed by atoms with Crippen LogP contribution in [-0.4, -0.2) is 11.1 Å². The highest BCUT2D eigenvalue weighted by Crippen LogP contribution is 2.47. The van der Waals surface area contributed by atoms with E-state index in [1.165, 1.54) is 5.56 Å². The molecule has 1 saturated carbocycles. The van der Waals surface area contributed by atoms with E-state index in [1.54, 1.807) is 0 Å². The highest BCUT2D eigenvalue weighted by molar-refractivity contribution is 5.75. The van der Waals surface area contributed by atoms with Crippen molar-refractivity contribution in [1.29, 1.82) is 0 Å². The fourth-order valence-electron chi connectivity index (χ4n) is 2.56. The molecule has 2 rings (SSSR count). The largest absolute Gasteiger partial charge is 0.481 e. The van der Waals surface area contributed by atoms with Crippen LogP contribution in [0, 0.1) is 11.3 Å². The second-order valence-electron chi connectivity index (χ2n) is 6.07. The van der Waals surface area contributed by atoms with Crippen LogP contribution in [0.15, 0.2) is 24.3 Å². The van der Waals surface area contributed by atoms with E-state index < -0.39 is 11.4 Å². The average molecular weight is 246 g/mol. The Morgan fingerprint density at radius 3 is 2.28 bits per heavy atom. The van der Waals surface area contributed by atoms with Gasteiger partial charge in [0, 0.05) is 0 Å². The number of hydrogen-bond donors (Lipinski definition) is 1. The molecule has 0 spiro atoms. The summed E-state index contributed by atoms with van der Waals surface area (Å²) in [5, 5.41) is 9.45. The lowest BCUT2D eigenvalue weighted by atomic mass is 9.79. The van der Waals surface area contributed by atoms with Crippen molar-refractivity contribution in [2.75, 3.05) is 0 Å². The number of carboxylic acids is 1. The Labute approximate surface area is 109 Å². The molecule has 2 nitrogen and oxygen atoms in total. The first-order chi connectivity index (χ1) is 8.43. The minimum atomic E-state index is -0.655. The number of rotatable bonds is 5. The molecule has 18 heavy (non-hydrogen) atoms. The lowest BCUT2D eigenvalue weighted by molar-refractivity contribution is -0.149. The van der Waals surface area contributed by atoms with E-state index >= 15 is 0 Å². The Balaban J connectivity index is 2.14. The fourth-order valence-corrected chi connectivity index (χ4v) is 2.56. The van der Waals surface area contributed by atoms with Crippen molar-refractivity contribution in [3.8, 4) is 0 Å². The standard InChI is InChI=1S/C16H22O2/c1-11(2)13-6-4-12(5-7-13)10-16(3,15(17)18)14-8-9-14/h4-7,11,14H,8-10H2,1-3H3,(H,17,18). The lowest BCUT2D eigenvalue weighted by Gasteiger charge is -2.24. The molecular formula is C16H22O2. The molecule has 0 aromatic heterocycles. The molecule has 0 heterocycles. The van der Waals surface area contributed by atoms with Crippen molar-refractivity contribution in [3.05, 3.63) is 35.4 Å². The second-order valence-corrected chi connectivity index (χ2v) is 6.07. The summed E-state index contributed by atoms with van der Waals surface area (Å²) in [6.07, 6.45) is 2.77. The summed E-state index contributed by atoms with van der Waals surface area (Å²) in [7, 11) is 0. The predicted molar refractivity (Wildman–Crippen MR) is 72.7 cm³/mol. The van der Waals surface area contributed by atoms with Crippen LogP contribution in [0.25, 0.3) is 0 Å². The summed E-state index contributed by atoms with van der Waals surface area (Å²) in [4.78, 5) is 11.5. The third-order valence-electron chi connectivity index (χ3n) is 4.18. The zero-order chi connectivity index (χ0) is 13.3. The van der Waals surface area contributed by atoms with Gasteiger partial charge in [0.05, 0.1) is 5.41 Å². The van der Waals surface area contributed by atoms with Gasteiger partial charge in [-0.15, -0.1) is 0 Å². The number of carboxylic acid groups (broad SMARTS) is 1. The lowest BCUT2D eigenvalue weighted by Crippen LogP contribution is -2.32. The summed E-state index contributed by atoms with van der Waals surface area (Å²) < 4.78 is 0. The maximum Gasteiger partial charge on any atom is 0.309 e. The first kappa shape index (κ1) is 13.1. The van der Waals surface area contributed by atoms with Crippen LogP contribution in [0.2, 0.25) is 0 Å². The van der Waals surface area contributed by atoms with Gasteiger partial charge in [0.1, 0.15) is 0 Å². The van der Waals surface area contributed by atoms with Crippen molar-refractivity contribution >= 4 is 5.97 Å².